The van der Waals surface area contributed by atoms with Crippen molar-refractivity contribution in [3.8, 4) is 17.0 Å². The van der Waals surface area contributed by atoms with E-state index in [-0.39, 0.29) is 5.91 Å². The van der Waals surface area contributed by atoms with Crippen LogP contribution in [0.5, 0.6) is 5.75 Å². The molecule has 0 radical (unpaired) electrons. The maximum atomic E-state index is 13.1. The van der Waals surface area contributed by atoms with Gasteiger partial charge in [0.25, 0.3) is 5.91 Å². The SMILES string of the molecule is COc1cccc(-c2nn(Cc3ccccc3)cc2C(=O)Nc2ccccc2Cl)c1. The fraction of sp³-hybridized carbons (Fsp3) is 0.0833. The summed E-state index contributed by atoms with van der Waals surface area (Å²) in [7, 11) is 1.61. The molecule has 1 heterocycles. The number of para-hydroxylation sites is 1. The van der Waals surface area contributed by atoms with Crippen LogP contribution in [0.2, 0.25) is 5.02 Å². The highest BCUT2D eigenvalue weighted by Gasteiger charge is 2.19. The van der Waals surface area contributed by atoms with Crippen LogP contribution in [0.15, 0.2) is 85.1 Å². The zero-order chi connectivity index (χ0) is 20.9. The van der Waals surface area contributed by atoms with Gasteiger partial charge in [-0.05, 0) is 29.8 Å². The van der Waals surface area contributed by atoms with Crippen molar-refractivity contribution in [1.82, 2.24) is 9.78 Å². The Bertz CT molecular complexity index is 1170. The van der Waals surface area contributed by atoms with Gasteiger partial charge in [0.05, 0.1) is 29.9 Å². The van der Waals surface area contributed by atoms with Crippen LogP contribution >= 0.6 is 11.6 Å². The second-order valence-corrected chi connectivity index (χ2v) is 7.15. The number of carbonyl (C=O) groups excluding carboxylic acids is 1. The van der Waals surface area contributed by atoms with Crippen molar-refractivity contribution in [2.75, 3.05) is 12.4 Å². The van der Waals surface area contributed by atoms with E-state index in [1.807, 2.05) is 66.7 Å². The quantitative estimate of drug-likeness (QED) is 0.450. The van der Waals surface area contributed by atoms with Crippen molar-refractivity contribution < 1.29 is 9.53 Å². The first-order chi connectivity index (χ1) is 14.6. The van der Waals surface area contributed by atoms with E-state index >= 15 is 0 Å². The summed E-state index contributed by atoms with van der Waals surface area (Å²) in [5.74, 6) is 0.419. The number of amides is 1. The lowest BCUT2D eigenvalue weighted by Gasteiger charge is -2.07. The molecular formula is C24H20ClN3O2. The summed E-state index contributed by atoms with van der Waals surface area (Å²) in [6.45, 7) is 0.553. The number of aromatic nitrogens is 2. The first kappa shape index (κ1) is 19.7. The van der Waals surface area contributed by atoms with Gasteiger partial charge in [-0.25, -0.2) is 0 Å². The van der Waals surface area contributed by atoms with Crippen molar-refractivity contribution in [2.24, 2.45) is 0 Å². The molecule has 4 aromatic rings. The summed E-state index contributed by atoms with van der Waals surface area (Å²) < 4.78 is 7.11. The first-order valence-corrected chi connectivity index (χ1v) is 9.83. The molecular weight excluding hydrogens is 398 g/mol. The van der Waals surface area contributed by atoms with Crippen LogP contribution in [0.25, 0.3) is 11.3 Å². The molecule has 0 aliphatic heterocycles. The van der Waals surface area contributed by atoms with Crippen LogP contribution in [0.1, 0.15) is 15.9 Å². The molecule has 150 valence electrons. The Morgan fingerprint density at radius 3 is 2.57 bits per heavy atom. The number of ether oxygens (including phenoxy) is 1. The largest absolute Gasteiger partial charge is 0.497 e. The smallest absolute Gasteiger partial charge is 0.259 e. The van der Waals surface area contributed by atoms with Gasteiger partial charge >= 0.3 is 0 Å². The standard InChI is InChI=1S/C24H20ClN3O2/c1-30-19-11-7-10-18(14-19)23-20(24(29)26-22-13-6-5-12-21(22)25)16-28(27-23)15-17-8-3-2-4-9-17/h2-14,16H,15H2,1H3,(H,26,29). The van der Waals surface area contributed by atoms with Gasteiger partial charge in [-0.2, -0.15) is 5.10 Å². The van der Waals surface area contributed by atoms with E-state index in [9.17, 15) is 4.79 Å². The molecule has 3 aromatic carbocycles. The normalized spacial score (nSPS) is 10.6. The Kier molecular flexibility index (Phi) is 5.82. The number of benzene rings is 3. The second kappa shape index (κ2) is 8.84. The summed E-state index contributed by atoms with van der Waals surface area (Å²) in [5, 5.41) is 8.07. The predicted molar refractivity (Wildman–Crippen MR) is 119 cm³/mol. The Morgan fingerprint density at radius 2 is 1.80 bits per heavy atom. The maximum absolute atomic E-state index is 13.1. The fourth-order valence-electron chi connectivity index (χ4n) is 3.17. The highest BCUT2D eigenvalue weighted by molar-refractivity contribution is 6.34. The number of anilines is 1. The molecule has 6 heteroatoms. The molecule has 0 spiro atoms. The van der Waals surface area contributed by atoms with E-state index < -0.39 is 0 Å². The van der Waals surface area contributed by atoms with Gasteiger partial charge in [0.2, 0.25) is 0 Å². The lowest BCUT2D eigenvalue weighted by atomic mass is 10.1. The monoisotopic (exact) mass is 417 g/mol. The van der Waals surface area contributed by atoms with Crippen LogP contribution in [-0.2, 0) is 6.54 Å². The molecule has 0 aliphatic rings. The van der Waals surface area contributed by atoms with E-state index in [0.29, 0.717) is 34.3 Å². The van der Waals surface area contributed by atoms with Crippen LogP contribution in [0.4, 0.5) is 5.69 Å². The number of nitrogens with one attached hydrogen (secondary N) is 1. The van der Waals surface area contributed by atoms with Crippen molar-refractivity contribution in [1.29, 1.82) is 0 Å². The third kappa shape index (κ3) is 4.36. The minimum absolute atomic E-state index is 0.278. The van der Waals surface area contributed by atoms with Crippen molar-refractivity contribution in [3.05, 3.63) is 101 Å². The van der Waals surface area contributed by atoms with Crippen LogP contribution in [-0.4, -0.2) is 22.8 Å². The summed E-state index contributed by atoms with van der Waals surface area (Å²) in [4.78, 5) is 13.1. The molecule has 0 aliphatic carbocycles. The van der Waals surface area contributed by atoms with Crippen molar-refractivity contribution >= 4 is 23.2 Å². The number of halogens is 1. The molecule has 1 N–H and O–H groups in total. The van der Waals surface area contributed by atoms with E-state index in [4.69, 9.17) is 21.4 Å². The summed E-state index contributed by atoms with van der Waals surface area (Å²) in [6, 6.07) is 24.6. The van der Waals surface area contributed by atoms with E-state index in [1.54, 1.807) is 30.1 Å². The summed E-state index contributed by atoms with van der Waals surface area (Å²) in [6.07, 6.45) is 1.76. The zero-order valence-electron chi connectivity index (χ0n) is 16.4. The minimum Gasteiger partial charge on any atom is -0.497 e. The summed E-state index contributed by atoms with van der Waals surface area (Å²) in [5.41, 5.74) is 3.48. The molecule has 1 aromatic heterocycles. The van der Waals surface area contributed by atoms with Gasteiger partial charge in [-0.1, -0.05) is 66.2 Å². The molecule has 0 fully saturated rings. The molecule has 0 saturated heterocycles. The Labute approximate surface area is 179 Å². The average molecular weight is 418 g/mol. The molecule has 1 amide bonds. The van der Waals surface area contributed by atoms with Gasteiger partial charge in [0, 0.05) is 11.8 Å². The Morgan fingerprint density at radius 1 is 1.03 bits per heavy atom. The number of hydrogen-bond donors (Lipinski definition) is 1. The lowest BCUT2D eigenvalue weighted by molar-refractivity contribution is 0.102. The minimum atomic E-state index is -0.278. The Hall–Kier alpha value is -3.57. The van der Waals surface area contributed by atoms with Crippen LogP contribution < -0.4 is 10.1 Å². The van der Waals surface area contributed by atoms with E-state index in [0.717, 1.165) is 11.1 Å². The second-order valence-electron chi connectivity index (χ2n) is 6.74. The molecule has 30 heavy (non-hydrogen) atoms. The lowest BCUT2D eigenvalue weighted by Crippen LogP contribution is -2.12. The van der Waals surface area contributed by atoms with E-state index in [1.165, 1.54) is 0 Å². The number of carbonyl (C=O) groups is 1. The Balaban J connectivity index is 1.72. The van der Waals surface area contributed by atoms with E-state index in [2.05, 4.69) is 5.32 Å². The fourth-order valence-corrected chi connectivity index (χ4v) is 3.36. The highest BCUT2D eigenvalue weighted by atomic mass is 35.5. The highest BCUT2D eigenvalue weighted by Crippen LogP contribution is 2.28. The zero-order valence-corrected chi connectivity index (χ0v) is 17.1. The van der Waals surface area contributed by atoms with Gasteiger partial charge in [0.15, 0.2) is 0 Å². The van der Waals surface area contributed by atoms with Crippen molar-refractivity contribution in [3.63, 3.8) is 0 Å². The first-order valence-electron chi connectivity index (χ1n) is 9.46. The third-order valence-corrected chi connectivity index (χ3v) is 4.99. The van der Waals surface area contributed by atoms with Crippen molar-refractivity contribution in [2.45, 2.75) is 6.54 Å². The number of hydrogen-bond acceptors (Lipinski definition) is 3. The molecule has 0 atom stereocenters. The van der Waals surface area contributed by atoms with Gasteiger partial charge in [-0.15, -0.1) is 0 Å². The topological polar surface area (TPSA) is 56.2 Å². The van der Waals surface area contributed by atoms with Gasteiger partial charge in [-0.3, -0.25) is 9.48 Å². The summed E-state index contributed by atoms with van der Waals surface area (Å²) >= 11 is 6.21. The number of rotatable bonds is 6. The average Bonchev–Trinajstić information content (AvgIpc) is 3.20. The third-order valence-electron chi connectivity index (χ3n) is 4.66. The molecule has 0 unspecified atom stereocenters. The number of methoxy groups -OCH3 is 1. The van der Waals surface area contributed by atoms with Crippen LogP contribution in [0, 0.1) is 0 Å². The van der Waals surface area contributed by atoms with Gasteiger partial charge < -0.3 is 10.1 Å². The molecule has 0 saturated carbocycles. The molecule has 5 nitrogen and oxygen atoms in total. The predicted octanol–water partition coefficient (Wildman–Crippen LogP) is 5.51. The van der Waals surface area contributed by atoms with Gasteiger partial charge in [0.1, 0.15) is 11.4 Å². The number of nitrogens with zero attached hydrogens (tertiary/aromatic N) is 2. The van der Waals surface area contributed by atoms with Crippen LogP contribution in [0.3, 0.4) is 0 Å². The molecule has 4 rings (SSSR count). The maximum Gasteiger partial charge on any atom is 0.259 e. The molecule has 0 bridgehead atoms.